The molecule has 0 aliphatic heterocycles. The third kappa shape index (κ3) is 4.45. The van der Waals surface area contributed by atoms with Gasteiger partial charge in [-0.2, -0.15) is 4.98 Å². The van der Waals surface area contributed by atoms with Crippen LogP contribution in [0.3, 0.4) is 0 Å². The molecule has 0 spiro atoms. The number of rotatable bonds is 5. The van der Waals surface area contributed by atoms with Gasteiger partial charge in [0, 0.05) is 6.42 Å². The van der Waals surface area contributed by atoms with Crippen molar-refractivity contribution in [2.45, 2.75) is 32.6 Å². The van der Waals surface area contributed by atoms with E-state index in [-0.39, 0.29) is 31.2 Å². The van der Waals surface area contributed by atoms with Crippen LogP contribution in [0.25, 0.3) is 0 Å². The van der Waals surface area contributed by atoms with Crippen LogP contribution < -0.4 is 24.0 Å². The van der Waals surface area contributed by atoms with Crippen molar-refractivity contribution in [2.75, 3.05) is 0 Å². The topological polar surface area (TPSA) is 79.0 Å². The smallest absolute Gasteiger partial charge is 0.550 e. The van der Waals surface area contributed by atoms with E-state index in [1.165, 1.54) is 0 Å². The van der Waals surface area contributed by atoms with Crippen LogP contribution in [-0.2, 0) is 17.6 Å². The van der Waals surface area contributed by atoms with Crippen LogP contribution in [0.2, 0.25) is 0 Å². The van der Waals surface area contributed by atoms with Gasteiger partial charge in [0.2, 0.25) is 5.89 Å². The molecule has 0 unspecified atom stereocenters. The summed E-state index contributed by atoms with van der Waals surface area (Å²) in [4.78, 5) is 14.0. The van der Waals surface area contributed by atoms with Crippen molar-refractivity contribution in [2.24, 2.45) is 0 Å². The molecule has 5 nitrogen and oxygen atoms in total. The minimum absolute atomic E-state index is 0. The van der Waals surface area contributed by atoms with E-state index in [0.29, 0.717) is 5.82 Å². The molecule has 0 amide bonds. The average Bonchev–Trinajstić information content (AvgIpc) is 2.48. The molecule has 0 N–H and O–H groups in total. The molecule has 0 saturated heterocycles. The normalized spacial score (nSPS) is 9.50. The second-order valence-corrected chi connectivity index (χ2v) is 2.76. The molecule has 14 heavy (non-hydrogen) atoms. The SMILES string of the molecule is CCCCc1noc(CC(=O)[O-])n1.[Li+]. The first-order valence-electron chi connectivity index (χ1n) is 4.23. The molecule has 0 aliphatic rings. The Labute approximate surface area is 94.1 Å². The van der Waals surface area contributed by atoms with E-state index in [4.69, 9.17) is 4.52 Å². The Morgan fingerprint density at radius 3 is 2.86 bits per heavy atom. The molecule has 1 heterocycles. The number of hydrogen-bond acceptors (Lipinski definition) is 5. The van der Waals surface area contributed by atoms with Crippen LogP contribution in [0.15, 0.2) is 4.52 Å². The van der Waals surface area contributed by atoms with Crippen LogP contribution in [0.5, 0.6) is 0 Å². The molecule has 0 radical (unpaired) electrons. The van der Waals surface area contributed by atoms with Crippen molar-refractivity contribution in [3.63, 3.8) is 0 Å². The Bertz CT molecular complexity index is 288. The number of aryl methyl sites for hydroxylation is 1. The van der Waals surface area contributed by atoms with Gasteiger partial charge in [-0.15, -0.1) is 0 Å². The molecule has 0 fully saturated rings. The summed E-state index contributed by atoms with van der Waals surface area (Å²) in [6, 6.07) is 0. The summed E-state index contributed by atoms with van der Waals surface area (Å²) in [6.07, 6.45) is 2.45. The zero-order valence-electron chi connectivity index (χ0n) is 8.45. The number of carboxylic acids is 1. The average molecular weight is 190 g/mol. The number of aliphatic carboxylic acids is 1. The molecule has 0 saturated carbocycles. The molecule has 0 aliphatic carbocycles. The van der Waals surface area contributed by atoms with E-state index in [2.05, 4.69) is 17.1 Å². The van der Waals surface area contributed by atoms with Crippen molar-refractivity contribution in [1.29, 1.82) is 0 Å². The Hall–Kier alpha value is -0.793. The maximum Gasteiger partial charge on any atom is 1.00 e. The van der Waals surface area contributed by atoms with Gasteiger partial charge in [-0.1, -0.05) is 18.5 Å². The monoisotopic (exact) mass is 190 g/mol. The number of aromatic nitrogens is 2. The fourth-order valence-corrected chi connectivity index (χ4v) is 0.922. The minimum atomic E-state index is -1.20. The third-order valence-corrected chi connectivity index (χ3v) is 1.56. The van der Waals surface area contributed by atoms with Crippen LogP contribution >= 0.6 is 0 Å². The predicted molar refractivity (Wildman–Crippen MR) is 41.6 cm³/mol. The maximum absolute atomic E-state index is 10.2. The summed E-state index contributed by atoms with van der Waals surface area (Å²) < 4.78 is 4.69. The number of carboxylic acid groups (broad SMARTS) is 1. The Morgan fingerprint density at radius 1 is 1.57 bits per heavy atom. The van der Waals surface area contributed by atoms with E-state index in [1.54, 1.807) is 0 Å². The van der Waals surface area contributed by atoms with Crippen molar-refractivity contribution in [1.82, 2.24) is 10.1 Å². The van der Waals surface area contributed by atoms with Gasteiger partial charge in [0.1, 0.15) is 0 Å². The predicted octanol–water partition coefficient (Wildman–Crippen LogP) is -3.29. The van der Waals surface area contributed by atoms with Gasteiger partial charge < -0.3 is 14.4 Å². The minimum Gasteiger partial charge on any atom is -0.550 e. The standard InChI is InChI=1S/C8H12N2O3.Li/c1-2-3-4-6-9-7(13-10-6)5-8(11)12;/h2-5H2,1H3,(H,11,12);/q;+1/p-1. The third-order valence-electron chi connectivity index (χ3n) is 1.56. The quantitative estimate of drug-likeness (QED) is 0.454. The largest absolute Gasteiger partial charge is 1.00 e. The van der Waals surface area contributed by atoms with Crippen LogP contribution in [-0.4, -0.2) is 16.1 Å². The summed E-state index contributed by atoms with van der Waals surface area (Å²) in [5.41, 5.74) is 0. The van der Waals surface area contributed by atoms with Crippen molar-refractivity contribution < 1.29 is 33.3 Å². The Balaban J connectivity index is 0.00000169. The molecule has 0 atom stereocenters. The Kier molecular flexibility index (Phi) is 6.25. The first kappa shape index (κ1) is 13.2. The number of unbranched alkanes of at least 4 members (excludes halogenated alkanes) is 1. The summed E-state index contributed by atoms with van der Waals surface area (Å²) >= 11 is 0. The summed E-state index contributed by atoms with van der Waals surface area (Å²) in [5, 5.41) is 13.8. The zero-order valence-corrected chi connectivity index (χ0v) is 8.45. The summed E-state index contributed by atoms with van der Waals surface area (Å²) in [7, 11) is 0. The summed E-state index contributed by atoms with van der Waals surface area (Å²) in [6.45, 7) is 2.06. The molecule has 72 valence electrons. The van der Waals surface area contributed by atoms with Gasteiger partial charge in [-0.05, 0) is 6.42 Å². The number of carbonyl (C=O) groups is 1. The number of nitrogens with zero attached hydrogens (tertiary/aromatic N) is 2. The molecule has 1 aromatic rings. The van der Waals surface area contributed by atoms with Crippen LogP contribution in [0.4, 0.5) is 0 Å². The van der Waals surface area contributed by atoms with Gasteiger partial charge in [0.15, 0.2) is 5.82 Å². The van der Waals surface area contributed by atoms with Crippen molar-refractivity contribution >= 4 is 5.97 Å². The van der Waals surface area contributed by atoms with Gasteiger partial charge in [-0.3, -0.25) is 0 Å². The van der Waals surface area contributed by atoms with Gasteiger partial charge in [-0.25, -0.2) is 0 Å². The summed E-state index contributed by atoms with van der Waals surface area (Å²) in [5.74, 6) is -0.519. The van der Waals surface area contributed by atoms with Crippen LogP contribution in [0.1, 0.15) is 31.5 Å². The fraction of sp³-hybridized carbons (Fsp3) is 0.625. The molecule has 0 aromatic carbocycles. The fourth-order valence-electron chi connectivity index (χ4n) is 0.922. The molecule has 1 aromatic heterocycles. The maximum atomic E-state index is 10.2. The zero-order chi connectivity index (χ0) is 9.68. The van der Waals surface area contributed by atoms with E-state index in [1.807, 2.05) is 0 Å². The van der Waals surface area contributed by atoms with Gasteiger partial charge >= 0.3 is 18.9 Å². The van der Waals surface area contributed by atoms with Crippen molar-refractivity contribution in [3.8, 4) is 0 Å². The Morgan fingerprint density at radius 2 is 2.29 bits per heavy atom. The van der Waals surface area contributed by atoms with E-state index < -0.39 is 5.97 Å². The molecule has 0 bridgehead atoms. The number of carbonyl (C=O) groups excluding carboxylic acids is 1. The van der Waals surface area contributed by atoms with E-state index >= 15 is 0 Å². The molecule has 6 heteroatoms. The van der Waals surface area contributed by atoms with E-state index in [0.717, 1.165) is 19.3 Å². The second-order valence-electron chi connectivity index (χ2n) is 2.76. The molecule has 1 rings (SSSR count). The van der Waals surface area contributed by atoms with E-state index in [9.17, 15) is 9.90 Å². The second kappa shape index (κ2) is 6.63. The van der Waals surface area contributed by atoms with Gasteiger partial charge in [0.05, 0.1) is 12.4 Å². The van der Waals surface area contributed by atoms with Crippen LogP contribution in [0, 0.1) is 0 Å². The van der Waals surface area contributed by atoms with Crippen molar-refractivity contribution in [3.05, 3.63) is 11.7 Å². The first-order chi connectivity index (χ1) is 6.22. The molecular weight excluding hydrogens is 179 g/mol. The number of hydrogen-bond donors (Lipinski definition) is 0. The molecular formula is C8H11LiN2O3. The van der Waals surface area contributed by atoms with Gasteiger partial charge in [0.25, 0.3) is 0 Å². The first-order valence-corrected chi connectivity index (χ1v) is 4.23.